The van der Waals surface area contributed by atoms with Gasteiger partial charge in [0.1, 0.15) is 0 Å². The zero-order valence-electron chi connectivity index (χ0n) is 9.74. The molecule has 0 spiro atoms. The summed E-state index contributed by atoms with van der Waals surface area (Å²) < 4.78 is 2.31. The van der Waals surface area contributed by atoms with Crippen molar-refractivity contribution in [1.82, 2.24) is 14.9 Å². The summed E-state index contributed by atoms with van der Waals surface area (Å²) >= 11 is 0. The lowest BCUT2D eigenvalue weighted by atomic mass is 10.1. The molecule has 1 aromatic rings. The highest BCUT2D eigenvalue weighted by Gasteiger charge is 2.15. The molecule has 0 radical (unpaired) electrons. The Kier molecular flexibility index (Phi) is 3.41. The summed E-state index contributed by atoms with van der Waals surface area (Å²) in [6, 6.07) is 0.658. The fraction of sp³-hybridized carbons (Fsp3) is 0.750. The number of hydrogen-bond acceptors (Lipinski definition) is 2. The van der Waals surface area contributed by atoms with Crippen molar-refractivity contribution in [3.8, 4) is 0 Å². The number of aromatic nitrogens is 2. The monoisotopic (exact) mass is 207 g/mol. The fourth-order valence-corrected chi connectivity index (χ4v) is 2.25. The summed E-state index contributed by atoms with van der Waals surface area (Å²) in [5.41, 5.74) is 1.37. The predicted molar refractivity (Wildman–Crippen MR) is 61.8 cm³/mol. The average molecular weight is 207 g/mol. The smallest absolute Gasteiger partial charge is 0.0948 e. The van der Waals surface area contributed by atoms with E-state index in [1.807, 2.05) is 12.5 Å². The largest absolute Gasteiger partial charge is 0.333 e. The molecule has 1 atom stereocenters. The molecule has 0 aromatic carbocycles. The molecule has 1 N–H and O–H groups in total. The highest BCUT2D eigenvalue weighted by molar-refractivity contribution is 5.00. The zero-order chi connectivity index (χ0) is 10.7. The molecule has 2 rings (SSSR count). The molecule has 0 aliphatic carbocycles. The van der Waals surface area contributed by atoms with Crippen molar-refractivity contribution in [2.45, 2.75) is 45.7 Å². The van der Waals surface area contributed by atoms with Crippen LogP contribution in [0.25, 0.3) is 0 Å². The first-order valence-corrected chi connectivity index (χ1v) is 5.98. The van der Waals surface area contributed by atoms with Crippen LogP contribution < -0.4 is 5.32 Å². The molecule has 15 heavy (non-hydrogen) atoms. The zero-order valence-corrected chi connectivity index (χ0v) is 9.74. The Labute approximate surface area is 91.9 Å². The number of nitrogens with zero attached hydrogens (tertiary/aromatic N) is 2. The van der Waals surface area contributed by atoms with Gasteiger partial charge in [-0.1, -0.05) is 13.8 Å². The summed E-state index contributed by atoms with van der Waals surface area (Å²) in [5.74, 6) is 0.706. The molecule has 2 heterocycles. The second kappa shape index (κ2) is 4.79. The van der Waals surface area contributed by atoms with Crippen LogP contribution in [0.3, 0.4) is 0 Å². The molecule has 0 amide bonds. The average Bonchev–Trinajstić information content (AvgIpc) is 2.78. The molecular formula is C12H21N3. The van der Waals surface area contributed by atoms with Crippen LogP contribution in [0.1, 0.15) is 32.4 Å². The van der Waals surface area contributed by atoms with Crippen LogP contribution in [0.4, 0.5) is 0 Å². The van der Waals surface area contributed by atoms with Crippen molar-refractivity contribution >= 4 is 0 Å². The maximum absolute atomic E-state index is 4.25. The second-order valence-corrected chi connectivity index (χ2v) is 4.93. The van der Waals surface area contributed by atoms with Crippen LogP contribution in [0.2, 0.25) is 0 Å². The van der Waals surface area contributed by atoms with Gasteiger partial charge in [-0.3, -0.25) is 0 Å². The van der Waals surface area contributed by atoms with Crippen LogP contribution in [0.5, 0.6) is 0 Å². The molecule has 1 aromatic heterocycles. The van der Waals surface area contributed by atoms with Gasteiger partial charge in [0, 0.05) is 24.5 Å². The minimum Gasteiger partial charge on any atom is -0.333 e. The molecular weight excluding hydrogens is 186 g/mol. The van der Waals surface area contributed by atoms with Gasteiger partial charge in [-0.25, -0.2) is 4.98 Å². The Bertz CT molecular complexity index is 298. The van der Waals surface area contributed by atoms with Gasteiger partial charge in [0.15, 0.2) is 0 Å². The Morgan fingerprint density at radius 2 is 2.47 bits per heavy atom. The lowest BCUT2D eigenvalue weighted by Crippen LogP contribution is -2.27. The first-order chi connectivity index (χ1) is 7.25. The van der Waals surface area contributed by atoms with Gasteiger partial charge < -0.3 is 9.88 Å². The number of nitrogens with one attached hydrogen (secondary N) is 1. The number of rotatable bonds is 4. The first-order valence-electron chi connectivity index (χ1n) is 5.98. The van der Waals surface area contributed by atoms with Crippen LogP contribution in [-0.4, -0.2) is 22.1 Å². The van der Waals surface area contributed by atoms with E-state index >= 15 is 0 Å². The van der Waals surface area contributed by atoms with Crippen molar-refractivity contribution in [2.75, 3.05) is 6.54 Å². The van der Waals surface area contributed by atoms with E-state index < -0.39 is 0 Å². The summed E-state index contributed by atoms with van der Waals surface area (Å²) in [4.78, 5) is 4.25. The van der Waals surface area contributed by atoms with Crippen LogP contribution >= 0.6 is 0 Å². The topological polar surface area (TPSA) is 29.9 Å². The van der Waals surface area contributed by atoms with Gasteiger partial charge >= 0.3 is 0 Å². The Morgan fingerprint density at radius 1 is 1.60 bits per heavy atom. The highest BCUT2D eigenvalue weighted by Crippen LogP contribution is 2.12. The first kappa shape index (κ1) is 10.7. The second-order valence-electron chi connectivity index (χ2n) is 4.93. The fourth-order valence-electron chi connectivity index (χ4n) is 2.25. The third-order valence-electron chi connectivity index (χ3n) is 3.00. The van der Waals surface area contributed by atoms with Gasteiger partial charge in [0.25, 0.3) is 0 Å². The Hall–Kier alpha value is -0.830. The maximum atomic E-state index is 4.25. The van der Waals surface area contributed by atoms with Gasteiger partial charge in [0.05, 0.1) is 6.33 Å². The van der Waals surface area contributed by atoms with E-state index in [9.17, 15) is 0 Å². The number of hydrogen-bond donors (Lipinski definition) is 1. The quantitative estimate of drug-likeness (QED) is 0.816. The van der Waals surface area contributed by atoms with Crippen LogP contribution in [0.15, 0.2) is 12.5 Å². The summed E-state index contributed by atoms with van der Waals surface area (Å²) in [6.45, 7) is 6.78. The standard InChI is InChI=1S/C12H21N3/c1-10(2)6-12-7-13-9-15(12)8-11-4-3-5-14-11/h7,9-11,14H,3-6,8H2,1-2H3. The van der Waals surface area contributed by atoms with E-state index in [1.165, 1.54) is 25.1 Å². The SMILES string of the molecule is CC(C)Cc1cncn1CC1CCCN1. The van der Waals surface area contributed by atoms with E-state index in [2.05, 4.69) is 28.7 Å². The predicted octanol–water partition coefficient (Wildman–Crippen LogP) is 1.83. The van der Waals surface area contributed by atoms with E-state index in [1.54, 1.807) is 0 Å². The third kappa shape index (κ3) is 2.81. The van der Waals surface area contributed by atoms with Gasteiger partial charge in [-0.05, 0) is 31.7 Å². The molecule has 0 bridgehead atoms. The molecule has 1 unspecified atom stereocenters. The minimum absolute atomic E-state index is 0.658. The van der Waals surface area contributed by atoms with Crippen molar-refractivity contribution in [3.05, 3.63) is 18.2 Å². The van der Waals surface area contributed by atoms with E-state index in [-0.39, 0.29) is 0 Å². The molecule has 1 fully saturated rings. The summed E-state index contributed by atoms with van der Waals surface area (Å²) in [5, 5.41) is 3.53. The van der Waals surface area contributed by atoms with Crippen LogP contribution in [-0.2, 0) is 13.0 Å². The highest BCUT2D eigenvalue weighted by atomic mass is 15.1. The molecule has 84 valence electrons. The summed E-state index contributed by atoms with van der Waals surface area (Å²) in [6.07, 6.45) is 7.73. The molecule has 0 saturated carbocycles. The van der Waals surface area contributed by atoms with E-state index in [4.69, 9.17) is 0 Å². The molecule has 1 aliphatic heterocycles. The van der Waals surface area contributed by atoms with Crippen molar-refractivity contribution in [2.24, 2.45) is 5.92 Å². The minimum atomic E-state index is 0.658. The Morgan fingerprint density at radius 3 is 3.13 bits per heavy atom. The lowest BCUT2D eigenvalue weighted by Gasteiger charge is -2.14. The Balaban J connectivity index is 1.97. The van der Waals surface area contributed by atoms with Crippen molar-refractivity contribution < 1.29 is 0 Å². The van der Waals surface area contributed by atoms with Crippen molar-refractivity contribution in [3.63, 3.8) is 0 Å². The van der Waals surface area contributed by atoms with E-state index in [0.29, 0.717) is 12.0 Å². The molecule has 1 saturated heterocycles. The summed E-state index contributed by atoms with van der Waals surface area (Å²) in [7, 11) is 0. The number of imidazole rings is 1. The molecule has 1 aliphatic rings. The van der Waals surface area contributed by atoms with Crippen LogP contribution in [0, 0.1) is 5.92 Å². The van der Waals surface area contributed by atoms with Gasteiger partial charge in [-0.15, -0.1) is 0 Å². The normalized spacial score (nSPS) is 21.4. The van der Waals surface area contributed by atoms with Crippen molar-refractivity contribution in [1.29, 1.82) is 0 Å². The molecule has 3 nitrogen and oxygen atoms in total. The third-order valence-corrected chi connectivity index (χ3v) is 3.00. The van der Waals surface area contributed by atoms with E-state index in [0.717, 1.165) is 13.0 Å². The maximum Gasteiger partial charge on any atom is 0.0948 e. The lowest BCUT2D eigenvalue weighted by molar-refractivity contribution is 0.487. The van der Waals surface area contributed by atoms with Gasteiger partial charge in [-0.2, -0.15) is 0 Å². The van der Waals surface area contributed by atoms with Gasteiger partial charge in [0.2, 0.25) is 0 Å². The molecule has 3 heteroatoms.